The third-order valence-electron chi connectivity index (χ3n) is 3.63. The van der Waals surface area contributed by atoms with Gasteiger partial charge in [-0.25, -0.2) is 4.39 Å². The van der Waals surface area contributed by atoms with E-state index in [0.717, 1.165) is 12.1 Å². The lowest BCUT2D eigenvalue weighted by molar-refractivity contribution is -0.384. The first-order chi connectivity index (χ1) is 12.8. The second-order valence-electron chi connectivity index (χ2n) is 5.62. The first-order valence-electron chi connectivity index (χ1n) is 7.90. The van der Waals surface area contributed by atoms with Crippen LogP contribution in [0.4, 0.5) is 10.1 Å². The maximum absolute atomic E-state index is 14.1. The Kier molecular flexibility index (Phi) is 6.84. The van der Waals surface area contributed by atoms with E-state index in [1.54, 1.807) is 0 Å². The number of benzene rings is 2. The van der Waals surface area contributed by atoms with Gasteiger partial charge in [0.15, 0.2) is 12.4 Å². The van der Waals surface area contributed by atoms with Gasteiger partial charge in [0.1, 0.15) is 11.6 Å². The van der Waals surface area contributed by atoms with Gasteiger partial charge in [0.05, 0.1) is 9.95 Å². The Morgan fingerprint density at radius 3 is 2.59 bits per heavy atom. The van der Waals surface area contributed by atoms with Gasteiger partial charge in [0.2, 0.25) is 5.91 Å². The number of nitro benzene ring substituents is 1. The van der Waals surface area contributed by atoms with Crippen LogP contribution in [-0.4, -0.2) is 29.8 Å². The normalized spacial score (nSPS) is 10.3. The number of nitrogens with one attached hydrogen (secondary N) is 1. The molecule has 0 saturated carbocycles. The van der Waals surface area contributed by atoms with Crippen molar-refractivity contribution in [2.45, 2.75) is 13.3 Å². The summed E-state index contributed by atoms with van der Waals surface area (Å²) in [6.07, 6.45) is 0.300. The number of nitro groups is 1. The number of hydrogen-bond donors (Lipinski definition) is 1. The number of rotatable bonds is 8. The van der Waals surface area contributed by atoms with Crippen molar-refractivity contribution in [1.82, 2.24) is 5.32 Å². The van der Waals surface area contributed by atoms with Crippen LogP contribution in [0.1, 0.15) is 22.8 Å². The average molecular weight is 395 g/mol. The lowest BCUT2D eigenvalue weighted by Gasteiger charge is -2.09. The maximum atomic E-state index is 14.1. The highest BCUT2D eigenvalue weighted by Gasteiger charge is 2.14. The van der Waals surface area contributed by atoms with Crippen LogP contribution >= 0.6 is 11.6 Å². The van der Waals surface area contributed by atoms with Gasteiger partial charge >= 0.3 is 0 Å². The quantitative estimate of drug-likeness (QED) is 0.420. The third-order valence-corrected chi connectivity index (χ3v) is 3.92. The molecule has 0 aromatic heterocycles. The summed E-state index contributed by atoms with van der Waals surface area (Å²) in [5.41, 5.74) is 0.295. The summed E-state index contributed by atoms with van der Waals surface area (Å²) in [5, 5.41) is 13.2. The third kappa shape index (κ3) is 5.75. The van der Waals surface area contributed by atoms with E-state index in [2.05, 4.69) is 5.32 Å². The number of carbonyl (C=O) groups is 2. The van der Waals surface area contributed by atoms with Gasteiger partial charge in [0.25, 0.3) is 5.69 Å². The van der Waals surface area contributed by atoms with E-state index < -0.39 is 23.1 Å². The molecular weight excluding hydrogens is 379 g/mol. The monoisotopic (exact) mass is 394 g/mol. The predicted octanol–water partition coefficient (Wildman–Crippen LogP) is 3.33. The second kappa shape index (κ2) is 9.09. The van der Waals surface area contributed by atoms with Gasteiger partial charge in [-0.2, -0.15) is 0 Å². The highest BCUT2D eigenvalue weighted by atomic mass is 35.5. The summed E-state index contributed by atoms with van der Waals surface area (Å²) in [5.74, 6) is -1.12. The van der Waals surface area contributed by atoms with Crippen molar-refractivity contribution in [3.8, 4) is 5.75 Å². The number of amides is 1. The van der Waals surface area contributed by atoms with Crippen LogP contribution in [0.25, 0.3) is 0 Å². The molecule has 0 atom stereocenters. The lowest BCUT2D eigenvalue weighted by Crippen LogP contribution is -2.22. The number of carbonyl (C=O) groups excluding carboxylic acids is 2. The number of ketones is 1. The van der Waals surface area contributed by atoms with Gasteiger partial charge in [-0.1, -0.05) is 23.7 Å². The molecule has 0 radical (unpaired) electrons. The molecule has 0 spiro atoms. The zero-order chi connectivity index (χ0) is 20.0. The molecule has 0 aliphatic heterocycles. The minimum absolute atomic E-state index is 0.00324. The topological polar surface area (TPSA) is 98.5 Å². The minimum Gasteiger partial charge on any atom is -0.484 e. The molecule has 7 nitrogen and oxygen atoms in total. The zero-order valence-corrected chi connectivity index (χ0v) is 15.1. The predicted molar refractivity (Wildman–Crippen MR) is 96.7 cm³/mol. The van der Waals surface area contributed by atoms with E-state index >= 15 is 0 Å². The van der Waals surface area contributed by atoms with Crippen LogP contribution in [0, 0.1) is 15.9 Å². The van der Waals surface area contributed by atoms with E-state index in [-0.39, 0.29) is 27.9 Å². The average Bonchev–Trinajstić information content (AvgIpc) is 2.61. The highest BCUT2D eigenvalue weighted by Crippen LogP contribution is 2.28. The Morgan fingerprint density at radius 2 is 2.00 bits per heavy atom. The summed E-state index contributed by atoms with van der Waals surface area (Å²) in [4.78, 5) is 33.1. The molecule has 0 aliphatic carbocycles. The lowest BCUT2D eigenvalue weighted by atomic mass is 10.1. The van der Waals surface area contributed by atoms with E-state index in [1.165, 1.54) is 31.2 Å². The van der Waals surface area contributed by atoms with Crippen LogP contribution < -0.4 is 10.1 Å². The Labute approximate surface area is 159 Å². The van der Waals surface area contributed by atoms with Crippen LogP contribution in [-0.2, 0) is 11.2 Å². The maximum Gasteiger partial charge on any atom is 0.271 e. The van der Waals surface area contributed by atoms with Crippen LogP contribution in [0.3, 0.4) is 0 Å². The van der Waals surface area contributed by atoms with Crippen molar-refractivity contribution in [2.75, 3.05) is 13.2 Å². The Bertz CT molecular complexity index is 888. The molecule has 142 valence electrons. The number of Topliss-reactive ketones (excluding diaryl/α,β-unsaturated/α-hetero) is 1. The molecule has 2 aromatic carbocycles. The molecule has 9 heteroatoms. The van der Waals surface area contributed by atoms with Crippen molar-refractivity contribution >= 4 is 29.0 Å². The smallest absolute Gasteiger partial charge is 0.271 e. The number of ether oxygens (including phenoxy) is 1. The minimum atomic E-state index is -0.600. The van der Waals surface area contributed by atoms with Crippen LogP contribution in [0.15, 0.2) is 36.4 Å². The molecule has 0 unspecified atom stereocenters. The molecule has 1 amide bonds. The largest absolute Gasteiger partial charge is 0.484 e. The van der Waals surface area contributed by atoms with Crippen molar-refractivity contribution in [1.29, 1.82) is 0 Å². The fourth-order valence-electron chi connectivity index (χ4n) is 2.24. The van der Waals surface area contributed by atoms with Gasteiger partial charge in [0, 0.05) is 31.2 Å². The number of halogens is 2. The molecule has 0 fully saturated rings. The van der Waals surface area contributed by atoms with Crippen molar-refractivity contribution < 1.29 is 23.6 Å². The molecular formula is C18H16ClFN2O5. The standard InChI is InChI=1S/C18H16ClFN2O5/c1-11(23)21-7-6-12-2-3-13(8-16(12)20)17(24)10-27-18-5-4-14(22(25)26)9-15(18)19/h2-5,8-9H,6-7,10H2,1H3,(H,21,23). The highest BCUT2D eigenvalue weighted by molar-refractivity contribution is 6.32. The van der Waals surface area contributed by atoms with Crippen LogP contribution in [0.2, 0.25) is 5.02 Å². The Morgan fingerprint density at radius 1 is 1.26 bits per heavy atom. The molecule has 2 aromatic rings. The van der Waals surface area contributed by atoms with E-state index in [1.807, 2.05) is 0 Å². The van der Waals surface area contributed by atoms with Crippen molar-refractivity contribution in [3.05, 3.63) is 68.5 Å². The fourth-order valence-corrected chi connectivity index (χ4v) is 2.47. The number of nitrogens with zero attached hydrogens (tertiary/aromatic N) is 1. The van der Waals surface area contributed by atoms with Crippen molar-refractivity contribution in [3.63, 3.8) is 0 Å². The summed E-state index contributed by atoms with van der Waals surface area (Å²) in [6, 6.07) is 7.66. The van der Waals surface area contributed by atoms with Gasteiger partial charge in [-0.05, 0) is 24.1 Å². The first kappa shape index (κ1) is 20.3. The molecule has 2 rings (SSSR count). The first-order valence-corrected chi connectivity index (χ1v) is 8.28. The number of non-ortho nitro benzene ring substituents is 1. The second-order valence-corrected chi connectivity index (χ2v) is 6.03. The van der Waals surface area contributed by atoms with Gasteiger partial charge in [-0.15, -0.1) is 0 Å². The molecule has 0 aliphatic rings. The summed E-state index contributed by atoms with van der Waals surface area (Å²) >= 11 is 5.89. The molecule has 27 heavy (non-hydrogen) atoms. The Hall–Kier alpha value is -3.00. The molecule has 1 N–H and O–H groups in total. The SMILES string of the molecule is CC(=O)NCCc1ccc(C(=O)COc2ccc([N+](=O)[O-])cc2Cl)cc1F. The Balaban J connectivity index is 1.99. The molecule has 0 bridgehead atoms. The van der Waals surface area contributed by atoms with Gasteiger partial charge < -0.3 is 10.1 Å². The molecule has 0 heterocycles. The summed E-state index contributed by atoms with van der Waals surface area (Å²) < 4.78 is 19.4. The van der Waals surface area contributed by atoms with Crippen molar-refractivity contribution in [2.24, 2.45) is 0 Å². The molecule has 0 saturated heterocycles. The van der Waals surface area contributed by atoms with E-state index in [0.29, 0.717) is 18.5 Å². The van der Waals surface area contributed by atoms with Crippen LogP contribution in [0.5, 0.6) is 5.75 Å². The number of hydrogen-bond acceptors (Lipinski definition) is 5. The van der Waals surface area contributed by atoms with E-state index in [4.69, 9.17) is 16.3 Å². The van der Waals surface area contributed by atoms with Gasteiger partial charge in [-0.3, -0.25) is 19.7 Å². The summed E-state index contributed by atoms with van der Waals surface area (Å²) in [7, 11) is 0. The van der Waals surface area contributed by atoms with E-state index in [9.17, 15) is 24.1 Å². The summed E-state index contributed by atoms with van der Waals surface area (Å²) in [6.45, 7) is 1.26. The zero-order valence-electron chi connectivity index (χ0n) is 14.3. The fraction of sp³-hybridized carbons (Fsp3) is 0.222.